The second-order valence-corrected chi connectivity index (χ2v) is 7.19. The Labute approximate surface area is 151 Å². The van der Waals surface area contributed by atoms with E-state index in [1.165, 1.54) is 0 Å². The Kier molecular flexibility index (Phi) is 3.94. The molecule has 0 saturated carbocycles. The van der Waals surface area contributed by atoms with E-state index in [4.69, 9.17) is 4.74 Å². The van der Waals surface area contributed by atoms with E-state index < -0.39 is 5.60 Å². The number of H-pyrrole nitrogens is 1. The zero-order chi connectivity index (χ0) is 18.3. The van der Waals surface area contributed by atoms with Gasteiger partial charge in [-0.2, -0.15) is 5.10 Å². The van der Waals surface area contributed by atoms with Crippen LogP contribution in [0.1, 0.15) is 48.3 Å². The summed E-state index contributed by atoms with van der Waals surface area (Å²) in [6.45, 7) is 5.11. The predicted molar refractivity (Wildman–Crippen MR) is 96.4 cm³/mol. The van der Waals surface area contributed by atoms with Crippen molar-refractivity contribution in [3.8, 4) is 5.75 Å². The molecule has 3 heterocycles. The Morgan fingerprint density at radius 1 is 1.46 bits per heavy atom. The number of aromatic amines is 1. The van der Waals surface area contributed by atoms with Crippen molar-refractivity contribution in [1.82, 2.24) is 15.1 Å². The van der Waals surface area contributed by atoms with E-state index in [0.717, 1.165) is 24.1 Å². The Morgan fingerprint density at radius 2 is 2.31 bits per heavy atom. The summed E-state index contributed by atoms with van der Waals surface area (Å²) in [5, 5.41) is 9.87. The van der Waals surface area contributed by atoms with E-state index in [1.807, 2.05) is 13.8 Å². The van der Waals surface area contributed by atoms with Crippen LogP contribution in [0.25, 0.3) is 0 Å². The summed E-state index contributed by atoms with van der Waals surface area (Å²) in [5.41, 5.74) is 2.81. The molecule has 2 N–H and O–H groups in total. The van der Waals surface area contributed by atoms with Gasteiger partial charge in [0.2, 0.25) is 0 Å². The van der Waals surface area contributed by atoms with Gasteiger partial charge in [-0.25, -0.2) is 4.79 Å². The number of benzene rings is 1. The minimum absolute atomic E-state index is 0.0488. The van der Waals surface area contributed by atoms with Gasteiger partial charge in [0.05, 0.1) is 24.7 Å². The molecule has 1 aromatic heterocycles. The quantitative estimate of drug-likeness (QED) is 0.867. The molecule has 0 saturated heterocycles. The van der Waals surface area contributed by atoms with Crippen LogP contribution in [0.5, 0.6) is 5.75 Å². The van der Waals surface area contributed by atoms with Crippen molar-refractivity contribution in [2.45, 2.75) is 45.3 Å². The van der Waals surface area contributed by atoms with Gasteiger partial charge in [-0.1, -0.05) is 6.92 Å². The van der Waals surface area contributed by atoms with Crippen LogP contribution in [0.4, 0.5) is 10.5 Å². The van der Waals surface area contributed by atoms with Crippen LogP contribution in [0.15, 0.2) is 24.4 Å². The molecule has 7 heteroatoms. The molecule has 0 spiro atoms. The van der Waals surface area contributed by atoms with Crippen molar-refractivity contribution in [3.63, 3.8) is 0 Å². The number of carbonyl (C=O) groups is 2. The fraction of sp³-hybridized carbons (Fsp3) is 0.421. The van der Waals surface area contributed by atoms with Crippen LogP contribution in [-0.2, 0) is 13.0 Å². The number of anilines is 1. The average molecular weight is 354 g/mol. The number of hydrogen-bond donors (Lipinski definition) is 2. The van der Waals surface area contributed by atoms with E-state index >= 15 is 0 Å². The molecule has 26 heavy (non-hydrogen) atoms. The number of nitrogens with zero attached hydrogens (tertiary/aromatic N) is 2. The molecular weight excluding hydrogens is 332 g/mol. The Balaban J connectivity index is 1.49. The monoisotopic (exact) mass is 354 g/mol. The number of rotatable bonds is 2. The summed E-state index contributed by atoms with van der Waals surface area (Å²) in [5.74, 6) is 0.636. The van der Waals surface area contributed by atoms with Crippen molar-refractivity contribution >= 4 is 17.5 Å². The fourth-order valence-electron chi connectivity index (χ4n) is 3.45. The van der Waals surface area contributed by atoms with Gasteiger partial charge in [-0.15, -0.1) is 0 Å². The third-order valence-electron chi connectivity index (χ3n) is 5.26. The zero-order valence-corrected chi connectivity index (χ0v) is 15.0. The maximum absolute atomic E-state index is 12.6. The Bertz CT molecular complexity index is 875. The Morgan fingerprint density at radius 3 is 3.12 bits per heavy atom. The minimum atomic E-state index is -0.453. The summed E-state index contributed by atoms with van der Waals surface area (Å²) in [4.78, 5) is 26.8. The second kappa shape index (κ2) is 6.16. The van der Waals surface area contributed by atoms with E-state index in [1.54, 1.807) is 29.3 Å². The van der Waals surface area contributed by atoms with Crippen molar-refractivity contribution in [2.24, 2.45) is 0 Å². The third-order valence-corrected chi connectivity index (χ3v) is 5.26. The summed E-state index contributed by atoms with van der Waals surface area (Å²) in [7, 11) is 0. The molecule has 1 aromatic carbocycles. The summed E-state index contributed by atoms with van der Waals surface area (Å²) >= 11 is 0. The van der Waals surface area contributed by atoms with Crippen molar-refractivity contribution in [1.29, 1.82) is 0 Å². The van der Waals surface area contributed by atoms with Crippen molar-refractivity contribution < 1.29 is 14.3 Å². The average Bonchev–Trinajstić information content (AvgIpc) is 3.10. The van der Waals surface area contributed by atoms with E-state index in [-0.39, 0.29) is 11.8 Å². The number of carbonyl (C=O) groups excluding carboxylic acids is 2. The molecular formula is C19H22N4O3. The number of amides is 2. The molecule has 0 unspecified atom stereocenters. The SMILES string of the molecule is CC[C@]1(C)CC(=O)c2cc(NC(=O)N3CCc4[nH]ncc4C3)ccc2O1. The van der Waals surface area contributed by atoms with Crippen LogP contribution in [-0.4, -0.2) is 39.1 Å². The number of Topliss-reactive ketones (excluding diaryl/α,β-unsaturated/α-hetero) is 1. The number of hydrogen-bond acceptors (Lipinski definition) is 4. The van der Waals surface area contributed by atoms with Crippen LogP contribution in [0.3, 0.4) is 0 Å². The van der Waals surface area contributed by atoms with Crippen LogP contribution >= 0.6 is 0 Å². The first kappa shape index (κ1) is 16.6. The van der Waals surface area contributed by atoms with Gasteiger partial charge in [0, 0.05) is 29.9 Å². The second-order valence-electron chi connectivity index (χ2n) is 7.19. The number of urea groups is 1. The van der Waals surface area contributed by atoms with Crippen molar-refractivity contribution in [3.05, 3.63) is 41.2 Å². The van der Waals surface area contributed by atoms with E-state index in [2.05, 4.69) is 15.5 Å². The molecule has 0 fully saturated rings. The van der Waals surface area contributed by atoms with Crippen LogP contribution < -0.4 is 10.1 Å². The minimum Gasteiger partial charge on any atom is -0.486 e. The molecule has 136 valence electrons. The van der Waals surface area contributed by atoms with E-state index in [9.17, 15) is 9.59 Å². The number of nitrogens with one attached hydrogen (secondary N) is 2. The first-order valence-corrected chi connectivity index (χ1v) is 8.91. The molecule has 4 rings (SSSR count). The number of fused-ring (bicyclic) bond motifs is 2. The van der Waals surface area contributed by atoms with Gasteiger partial charge in [-0.3, -0.25) is 9.89 Å². The standard InChI is InChI=1S/C19H22N4O3/c1-3-19(2)9-16(24)14-8-13(4-5-17(14)26-19)21-18(25)23-7-6-15-12(11-23)10-20-22-15/h4-5,8,10H,3,6-7,9,11H2,1-2H3,(H,20,22)(H,21,25)/t19-/m1/s1. The lowest BCUT2D eigenvalue weighted by atomic mass is 9.89. The largest absolute Gasteiger partial charge is 0.486 e. The third kappa shape index (κ3) is 2.94. The van der Waals surface area contributed by atoms with Crippen LogP contribution in [0.2, 0.25) is 0 Å². The van der Waals surface area contributed by atoms with Gasteiger partial charge in [0.15, 0.2) is 5.78 Å². The van der Waals surface area contributed by atoms with Gasteiger partial charge in [0.25, 0.3) is 0 Å². The van der Waals surface area contributed by atoms with Gasteiger partial charge in [0.1, 0.15) is 11.4 Å². The first-order valence-electron chi connectivity index (χ1n) is 8.91. The van der Waals surface area contributed by atoms with Gasteiger partial charge in [-0.05, 0) is 31.5 Å². The maximum Gasteiger partial charge on any atom is 0.322 e. The smallest absolute Gasteiger partial charge is 0.322 e. The number of ether oxygens (including phenoxy) is 1. The van der Waals surface area contributed by atoms with Crippen LogP contribution in [0, 0.1) is 0 Å². The summed E-state index contributed by atoms with van der Waals surface area (Å²) in [6, 6.07) is 5.07. The molecule has 0 aliphatic carbocycles. The first-order chi connectivity index (χ1) is 12.5. The maximum atomic E-state index is 12.6. The fourth-order valence-corrected chi connectivity index (χ4v) is 3.45. The van der Waals surface area contributed by atoms with Gasteiger partial charge < -0.3 is 15.0 Å². The lowest BCUT2D eigenvalue weighted by molar-refractivity contribution is 0.0499. The molecule has 2 aliphatic rings. The number of aromatic nitrogens is 2. The summed E-state index contributed by atoms with van der Waals surface area (Å²) in [6.07, 6.45) is 3.63. The molecule has 7 nitrogen and oxygen atoms in total. The molecule has 0 bridgehead atoms. The highest BCUT2D eigenvalue weighted by Crippen LogP contribution is 2.36. The Hall–Kier alpha value is -2.83. The number of ketones is 1. The zero-order valence-electron chi connectivity index (χ0n) is 15.0. The lowest BCUT2D eigenvalue weighted by Crippen LogP contribution is -2.39. The lowest BCUT2D eigenvalue weighted by Gasteiger charge is -2.34. The normalized spacial score (nSPS) is 21.6. The van der Waals surface area contributed by atoms with Crippen molar-refractivity contribution in [2.75, 3.05) is 11.9 Å². The summed E-state index contributed by atoms with van der Waals surface area (Å²) < 4.78 is 5.99. The van der Waals surface area contributed by atoms with E-state index in [0.29, 0.717) is 36.5 Å². The molecule has 1 atom stereocenters. The topological polar surface area (TPSA) is 87.3 Å². The molecule has 2 amide bonds. The highest BCUT2D eigenvalue weighted by molar-refractivity contribution is 6.02. The molecule has 0 radical (unpaired) electrons. The van der Waals surface area contributed by atoms with Gasteiger partial charge >= 0.3 is 6.03 Å². The molecule has 2 aliphatic heterocycles. The predicted octanol–water partition coefficient (Wildman–Crippen LogP) is 3.13. The highest BCUT2D eigenvalue weighted by atomic mass is 16.5. The molecule has 2 aromatic rings. The highest BCUT2D eigenvalue weighted by Gasteiger charge is 2.35.